The summed E-state index contributed by atoms with van der Waals surface area (Å²) in [6, 6.07) is 22.4. The molecule has 3 rings (SSSR count). The summed E-state index contributed by atoms with van der Waals surface area (Å²) in [5, 5.41) is 28.6. The van der Waals surface area contributed by atoms with Crippen LogP contribution in [0.2, 0.25) is 0 Å². The van der Waals surface area contributed by atoms with Crippen molar-refractivity contribution in [2.45, 2.75) is 29.6 Å². The standard InChI is InChI=1S/C23H26O3S/c1-17(2-3-18-4-6-19(24)7-5-18)16-27(22-12-8-20(25)9-13-22)23-14-10-21(26)11-15-23/h4-15,17,24-27H,2-3,16H2,1H3. The largest absolute Gasteiger partial charge is 0.508 e. The quantitative estimate of drug-likeness (QED) is 0.409. The van der Waals surface area contributed by atoms with Crippen LogP contribution in [0.3, 0.4) is 0 Å². The van der Waals surface area contributed by atoms with Gasteiger partial charge < -0.3 is 15.3 Å². The van der Waals surface area contributed by atoms with Crippen molar-refractivity contribution in [3.05, 3.63) is 78.4 Å². The highest BCUT2D eigenvalue weighted by Gasteiger charge is 2.15. The number of hydrogen-bond acceptors (Lipinski definition) is 3. The molecule has 0 aromatic heterocycles. The maximum absolute atomic E-state index is 9.61. The summed E-state index contributed by atoms with van der Waals surface area (Å²) in [5.41, 5.74) is 1.23. The van der Waals surface area contributed by atoms with Gasteiger partial charge in [-0.3, -0.25) is 0 Å². The Hall–Kier alpha value is -2.59. The number of rotatable bonds is 7. The molecule has 0 radical (unpaired) electrons. The molecule has 0 saturated heterocycles. The smallest absolute Gasteiger partial charge is 0.115 e. The van der Waals surface area contributed by atoms with Crippen LogP contribution in [-0.2, 0) is 6.42 Å². The maximum atomic E-state index is 9.61. The Morgan fingerprint density at radius 1 is 0.667 bits per heavy atom. The van der Waals surface area contributed by atoms with Gasteiger partial charge >= 0.3 is 0 Å². The Morgan fingerprint density at radius 2 is 1.07 bits per heavy atom. The van der Waals surface area contributed by atoms with Gasteiger partial charge in [0.2, 0.25) is 0 Å². The van der Waals surface area contributed by atoms with Gasteiger partial charge in [0, 0.05) is 0 Å². The second-order valence-electron chi connectivity index (χ2n) is 6.95. The van der Waals surface area contributed by atoms with Crippen LogP contribution in [0.4, 0.5) is 0 Å². The molecule has 0 aliphatic rings. The first-order chi connectivity index (χ1) is 13.0. The van der Waals surface area contributed by atoms with Gasteiger partial charge in [-0.1, -0.05) is 19.1 Å². The molecule has 0 aliphatic carbocycles. The van der Waals surface area contributed by atoms with Crippen molar-refractivity contribution in [2.24, 2.45) is 5.92 Å². The third-order valence-electron chi connectivity index (χ3n) is 4.68. The Balaban J connectivity index is 1.73. The molecule has 0 spiro atoms. The van der Waals surface area contributed by atoms with E-state index in [-0.39, 0.29) is 11.5 Å². The summed E-state index contributed by atoms with van der Waals surface area (Å²) in [5.74, 6) is 2.42. The monoisotopic (exact) mass is 382 g/mol. The lowest BCUT2D eigenvalue weighted by molar-refractivity contribution is 0.474. The molecule has 0 aliphatic heterocycles. The summed E-state index contributed by atoms with van der Waals surface area (Å²) in [4.78, 5) is 2.45. The van der Waals surface area contributed by atoms with E-state index in [1.807, 2.05) is 36.4 Å². The summed E-state index contributed by atoms with van der Waals surface area (Å²) in [6.45, 7) is 2.27. The number of aryl methyl sites for hydroxylation is 1. The van der Waals surface area contributed by atoms with Gasteiger partial charge in [-0.05, 0) is 101 Å². The predicted molar refractivity (Wildman–Crippen MR) is 112 cm³/mol. The van der Waals surface area contributed by atoms with Crippen molar-refractivity contribution < 1.29 is 15.3 Å². The predicted octanol–water partition coefficient (Wildman–Crippen LogP) is 5.49. The molecule has 3 aromatic rings. The lowest BCUT2D eigenvalue weighted by Crippen LogP contribution is -2.05. The molecule has 0 saturated carbocycles. The molecule has 3 N–H and O–H groups in total. The number of aromatic hydroxyl groups is 3. The Kier molecular flexibility index (Phi) is 6.30. The van der Waals surface area contributed by atoms with Crippen LogP contribution in [0.25, 0.3) is 0 Å². The zero-order valence-electron chi connectivity index (χ0n) is 15.4. The lowest BCUT2D eigenvalue weighted by atomic mass is 10.0. The van der Waals surface area contributed by atoms with Crippen LogP contribution in [0.5, 0.6) is 17.2 Å². The molecule has 0 fully saturated rings. The van der Waals surface area contributed by atoms with E-state index in [2.05, 4.69) is 6.92 Å². The van der Waals surface area contributed by atoms with Crippen LogP contribution in [0.1, 0.15) is 18.9 Å². The van der Waals surface area contributed by atoms with Crippen molar-refractivity contribution in [3.8, 4) is 17.2 Å². The third kappa shape index (κ3) is 5.44. The fourth-order valence-electron chi connectivity index (χ4n) is 3.10. The van der Waals surface area contributed by atoms with E-state index in [1.165, 1.54) is 15.4 Å². The minimum absolute atomic E-state index is 0.278. The first-order valence-electron chi connectivity index (χ1n) is 9.15. The van der Waals surface area contributed by atoms with Gasteiger partial charge in [0.15, 0.2) is 0 Å². The van der Waals surface area contributed by atoms with E-state index in [0.29, 0.717) is 11.7 Å². The van der Waals surface area contributed by atoms with E-state index in [9.17, 15) is 15.3 Å². The molecule has 3 nitrogen and oxygen atoms in total. The van der Waals surface area contributed by atoms with Crippen LogP contribution in [-0.4, -0.2) is 21.1 Å². The average molecular weight is 383 g/mol. The summed E-state index contributed by atoms with van der Waals surface area (Å²) in [7, 11) is -0.563. The Labute approximate surface area is 163 Å². The summed E-state index contributed by atoms with van der Waals surface area (Å²) in [6.07, 6.45) is 2.05. The fourth-order valence-corrected chi connectivity index (χ4v) is 5.65. The lowest BCUT2D eigenvalue weighted by Gasteiger charge is -2.26. The highest BCUT2D eigenvalue weighted by atomic mass is 32.2. The molecular formula is C23H26O3S. The van der Waals surface area contributed by atoms with Gasteiger partial charge in [0.1, 0.15) is 17.2 Å². The number of phenolic OH excluding ortho intramolecular Hbond substituents is 3. The second kappa shape index (κ2) is 8.87. The van der Waals surface area contributed by atoms with Gasteiger partial charge in [-0.2, -0.15) is 10.9 Å². The summed E-state index contributed by atoms with van der Waals surface area (Å²) >= 11 is 0. The van der Waals surface area contributed by atoms with E-state index in [4.69, 9.17) is 0 Å². The first-order valence-corrected chi connectivity index (χ1v) is 10.7. The second-order valence-corrected chi connectivity index (χ2v) is 9.21. The van der Waals surface area contributed by atoms with Crippen molar-refractivity contribution in [3.63, 3.8) is 0 Å². The van der Waals surface area contributed by atoms with E-state index >= 15 is 0 Å². The number of phenols is 3. The van der Waals surface area contributed by atoms with Crippen LogP contribution < -0.4 is 0 Å². The minimum Gasteiger partial charge on any atom is -0.508 e. The van der Waals surface area contributed by atoms with Gasteiger partial charge in [0.05, 0.1) is 0 Å². The number of benzene rings is 3. The van der Waals surface area contributed by atoms with E-state index in [0.717, 1.165) is 18.6 Å². The molecule has 0 bridgehead atoms. The van der Waals surface area contributed by atoms with E-state index < -0.39 is 10.9 Å². The van der Waals surface area contributed by atoms with Crippen molar-refractivity contribution in [2.75, 3.05) is 5.75 Å². The molecular weight excluding hydrogens is 356 g/mol. The highest BCUT2D eigenvalue weighted by Crippen LogP contribution is 2.47. The van der Waals surface area contributed by atoms with E-state index in [1.54, 1.807) is 36.4 Å². The van der Waals surface area contributed by atoms with Crippen LogP contribution in [0, 0.1) is 5.92 Å². The highest BCUT2D eigenvalue weighted by molar-refractivity contribution is 8.17. The normalized spacial score (nSPS) is 12.6. The number of thiol groups is 1. The summed E-state index contributed by atoms with van der Waals surface area (Å²) < 4.78 is 0. The molecule has 1 atom stereocenters. The third-order valence-corrected chi connectivity index (χ3v) is 7.51. The van der Waals surface area contributed by atoms with Gasteiger partial charge in [-0.25, -0.2) is 0 Å². The molecule has 4 heteroatoms. The number of hydrogen-bond donors (Lipinski definition) is 4. The van der Waals surface area contributed by atoms with Crippen molar-refractivity contribution in [1.82, 2.24) is 0 Å². The molecule has 27 heavy (non-hydrogen) atoms. The fraction of sp³-hybridized carbons (Fsp3) is 0.217. The topological polar surface area (TPSA) is 60.7 Å². The van der Waals surface area contributed by atoms with Crippen molar-refractivity contribution >= 4 is 10.9 Å². The van der Waals surface area contributed by atoms with Crippen LogP contribution in [0.15, 0.2) is 82.6 Å². The van der Waals surface area contributed by atoms with Crippen LogP contribution >= 0.6 is 10.9 Å². The van der Waals surface area contributed by atoms with Gasteiger partial charge in [0.25, 0.3) is 0 Å². The van der Waals surface area contributed by atoms with Crippen molar-refractivity contribution in [1.29, 1.82) is 0 Å². The molecule has 0 amide bonds. The first kappa shape index (κ1) is 19.2. The van der Waals surface area contributed by atoms with Gasteiger partial charge in [-0.15, -0.1) is 0 Å². The SMILES string of the molecule is CC(CCc1ccc(O)cc1)C[SH](c1ccc(O)cc1)c1ccc(O)cc1. The molecule has 3 aromatic carbocycles. The maximum Gasteiger partial charge on any atom is 0.115 e. The zero-order chi connectivity index (χ0) is 19.2. The Bertz CT molecular complexity index is 797. The molecule has 142 valence electrons. The average Bonchev–Trinajstić information content (AvgIpc) is 2.67. The zero-order valence-corrected chi connectivity index (χ0v) is 16.3. The molecule has 0 heterocycles. The Morgan fingerprint density at radius 3 is 1.52 bits per heavy atom. The minimum atomic E-state index is -0.563. The molecule has 1 unspecified atom stereocenters.